The highest BCUT2D eigenvalue weighted by atomic mass is 32.2. The molecule has 0 unspecified atom stereocenters. The van der Waals surface area contributed by atoms with Crippen LogP contribution >= 0.6 is 0 Å². The molecule has 2 heterocycles. The zero-order valence-electron chi connectivity index (χ0n) is 19.0. The van der Waals surface area contributed by atoms with Crippen molar-refractivity contribution in [1.29, 1.82) is 0 Å². The van der Waals surface area contributed by atoms with E-state index >= 15 is 0 Å². The highest BCUT2D eigenvalue weighted by Gasteiger charge is 2.31. The number of pyridine rings is 1. The predicted molar refractivity (Wildman–Crippen MR) is 120 cm³/mol. The summed E-state index contributed by atoms with van der Waals surface area (Å²) in [7, 11) is -3.73. The van der Waals surface area contributed by atoms with Gasteiger partial charge in [-0.05, 0) is 43.7 Å². The lowest BCUT2D eigenvalue weighted by Crippen LogP contribution is -2.31. The first-order valence-corrected chi connectivity index (χ1v) is 11.8. The van der Waals surface area contributed by atoms with E-state index in [0.29, 0.717) is 30.5 Å². The molecule has 0 atom stereocenters. The molecule has 1 amide bonds. The first kappa shape index (κ1) is 25.4. The molecule has 182 valence electrons. The Morgan fingerprint density at radius 1 is 1.09 bits per heavy atom. The number of benzene rings is 1. The van der Waals surface area contributed by atoms with Gasteiger partial charge >= 0.3 is 6.18 Å². The van der Waals surface area contributed by atoms with Crippen LogP contribution in [-0.4, -0.2) is 46.5 Å². The van der Waals surface area contributed by atoms with E-state index in [2.05, 4.69) is 15.4 Å². The van der Waals surface area contributed by atoms with Gasteiger partial charge in [-0.25, -0.2) is 18.1 Å². The fourth-order valence-corrected chi connectivity index (χ4v) is 5.11. The standard InChI is InChI=1S/C22H24F3N5O3S/c1-5-29(6-2)34(32,33)19-11-17(9-7-14(19)3)28-21(31)18-13-27-30(15(18)4)20-10-8-16(12-26-20)22(23,24)25/h7-13H,5-6H2,1-4H3,(H,28,31). The summed E-state index contributed by atoms with van der Waals surface area (Å²) in [6.45, 7) is 7.36. The molecule has 0 radical (unpaired) electrons. The molecule has 3 rings (SSSR count). The Hall–Kier alpha value is -3.25. The number of rotatable bonds is 7. The summed E-state index contributed by atoms with van der Waals surface area (Å²) >= 11 is 0. The largest absolute Gasteiger partial charge is 0.417 e. The quantitative estimate of drug-likeness (QED) is 0.530. The van der Waals surface area contributed by atoms with Crippen molar-refractivity contribution in [3.05, 3.63) is 65.1 Å². The average Bonchev–Trinajstić information content (AvgIpc) is 3.16. The monoisotopic (exact) mass is 495 g/mol. The molecule has 1 N–H and O–H groups in total. The smallest absolute Gasteiger partial charge is 0.322 e. The van der Waals surface area contributed by atoms with Gasteiger partial charge in [-0.3, -0.25) is 4.79 Å². The van der Waals surface area contributed by atoms with Crippen LogP contribution in [0.15, 0.2) is 47.6 Å². The number of aromatic nitrogens is 3. The van der Waals surface area contributed by atoms with E-state index < -0.39 is 27.7 Å². The number of anilines is 1. The summed E-state index contributed by atoms with van der Waals surface area (Å²) < 4.78 is 66.8. The molecule has 0 fully saturated rings. The van der Waals surface area contributed by atoms with Crippen molar-refractivity contribution in [3.63, 3.8) is 0 Å². The van der Waals surface area contributed by atoms with Gasteiger partial charge in [0.2, 0.25) is 10.0 Å². The van der Waals surface area contributed by atoms with Crippen LogP contribution in [0.1, 0.15) is 41.0 Å². The van der Waals surface area contributed by atoms with Crippen LogP contribution in [0.3, 0.4) is 0 Å². The van der Waals surface area contributed by atoms with E-state index in [-0.39, 0.29) is 22.0 Å². The Balaban J connectivity index is 1.87. The maximum absolute atomic E-state index is 12.9. The molecule has 0 saturated heterocycles. The molecule has 12 heteroatoms. The van der Waals surface area contributed by atoms with Crippen LogP contribution in [-0.2, 0) is 16.2 Å². The average molecular weight is 496 g/mol. The summed E-state index contributed by atoms with van der Waals surface area (Å²) in [5.41, 5.74) is 0.445. The molecule has 0 saturated carbocycles. The highest BCUT2D eigenvalue weighted by molar-refractivity contribution is 7.89. The molecular weight excluding hydrogens is 471 g/mol. The first-order valence-electron chi connectivity index (χ1n) is 10.4. The fourth-order valence-electron chi connectivity index (χ4n) is 3.40. The molecule has 0 spiro atoms. The number of alkyl halides is 3. The molecule has 3 aromatic rings. The van der Waals surface area contributed by atoms with Gasteiger partial charge in [0.05, 0.1) is 27.9 Å². The van der Waals surface area contributed by atoms with Crippen molar-refractivity contribution < 1.29 is 26.4 Å². The van der Waals surface area contributed by atoms with Gasteiger partial charge in [0.15, 0.2) is 5.82 Å². The molecule has 1 aromatic carbocycles. The van der Waals surface area contributed by atoms with Crippen molar-refractivity contribution in [2.45, 2.75) is 38.8 Å². The van der Waals surface area contributed by atoms with E-state index in [1.54, 1.807) is 39.8 Å². The van der Waals surface area contributed by atoms with Gasteiger partial charge in [-0.1, -0.05) is 19.9 Å². The fraction of sp³-hybridized carbons (Fsp3) is 0.318. The molecule has 0 aliphatic rings. The van der Waals surface area contributed by atoms with Gasteiger partial charge in [0.1, 0.15) is 0 Å². The van der Waals surface area contributed by atoms with Gasteiger partial charge in [0, 0.05) is 25.0 Å². The summed E-state index contributed by atoms with van der Waals surface area (Å²) in [4.78, 5) is 16.7. The SMILES string of the molecule is CCN(CC)S(=O)(=O)c1cc(NC(=O)c2cnn(-c3ccc(C(F)(F)F)cn3)c2C)ccc1C. The number of carbonyl (C=O) groups excluding carboxylic acids is 1. The summed E-state index contributed by atoms with van der Waals surface area (Å²) in [6, 6.07) is 6.64. The molecule has 0 bridgehead atoms. The number of halogens is 3. The highest BCUT2D eigenvalue weighted by Crippen LogP contribution is 2.29. The Bertz CT molecular complexity index is 1300. The van der Waals surface area contributed by atoms with E-state index in [0.717, 1.165) is 12.1 Å². The number of nitrogens with zero attached hydrogens (tertiary/aromatic N) is 4. The topological polar surface area (TPSA) is 97.2 Å². The van der Waals surface area contributed by atoms with Crippen LogP contribution in [0, 0.1) is 13.8 Å². The lowest BCUT2D eigenvalue weighted by molar-refractivity contribution is -0.137. The van der Waals surface area contributed by atoms with Crippen molar-refractivity contribution >= 4 is 21.6 Å². The van der Waals surface area contributed by atoms with Crippen LogP contribution in [0.5, 0.6) is 0 Å². The van der Waals surface area contributed by atoms with Crippen LogP contribution < -0.4 is 5.32 Å². The van der Waals surface area contributed by atoms with Crippen molar-refractivity contribution in [2.24, 2.45) is 0 Å². The maximum Gasteiger partial charge on any atom is 0.417 e. The Labute approximate surface area is 195 Å². The predicted octanol–water partition coefficient (Wildman–Crippen LogP) is 4.19. The Kier molecular flexibility index (Phi) is 7.13. The number of amides is 1. The second-order valence-corrected chi connectivity index (χ2v) is 9.39. The molecular formula is C22H24F3N5O3S. The minimum atomic E-state index is -4.51. The number of hydrogen-bond donors (Lipinski definition) is 1. The van der Waals surface area contributed by atoms with Crippen LogP contribution in [0.4, 0.5) is 18.9 Å². The molecule has 2 aromatic heterocycles. The van der Waals surface area contributed by atoms with Crippen LogP contribution in [0.2, 0.25) is 0 Å². The van der Waals surface area contributed by atoms with E-state index in [1.165, 1.54) is 21.3 Å². The van der Waals surface area contributed by atoms with Crippen LogP contribution in [0.25, 0.3) is 5.82 Å². The molecule has 0 aliphatic heterocycles. The minimum absolute atomic E-state index is 0.0929. The number of carbonyl (C=O) groups is 1. The minimum Gasteiger partial charge on any atom is -0.322 e. The van der Waals surface area contributed by atoms with Crippen molar-refractivity contribution in [1.82, 2.24) is 19.1 Å². The number of nitrogens with one attached hydrogen (secondary N) is 1. The first-order chi connectivity index (χ1) is 15.9. The van der Waals surface area contributed by atoms with E-state index in [1.807, 2.05) is 0 Å². The maximum atomic E-state index is 12.9. The lowest BCUT2D eigenvalue weighted by atomic mass is 10.2. The van der Waals surface area contributed by atoms with Gasteiger partial charge < -0.3 is 5.32 Å². The Morgan fingerprint density at radius 2 is 1.76 bits per heavy atom. The normalized spacial score (nSPS) is 12.2. The number of sulfonamides is 1. The third-order valence-electron chi connectivity index (χ3n) is 5.32. The second kappa shape index (κ2) is 9.55. The second-order valence-electron chi connectivity index (χ2n) is 7.48. The van der Waals surface area contributed by atoms with E-state index in [4.69, 9.17) is 0 Å². The van der Waals surface area contributed by atoms with Gasteiger partial charge in [0.25, 0.3) is 5.91 Å². The lowest BCUT2D eigenvalue weighted by Gasteiger charge is -2.20. The number of aryl methyl sites for hydroxylation is 1. The van der Waals surface area contributed by atoms with Crippen molar-refractivity contribution in [2.75, 3.05) is 18.4 Å². The third kappa shape index (κ3) is 4.97. The number of hydrogen-bond acceptors (Lipinski definition) is 5. The third-order valence-corrected chi connectivity index (χ3v) is 7.51. The van der Waals surface area contributed by atoms with Crippen molar-refractivity contribution in [3.8, 4) is 5.82 Å². The summed E-state index contributed by atoms with van der Waals surface area (Å²) in [5, 5.41) is 6.73. The van der Waals surface area contributed by atoms with Gasteiger partial charge in [-0.15, -0.1) is 0 Å². The Morgan fingerprint density at radius 3 is 2.32 bits per heavy atom. The summed E-state index contributed by atoms with van der Waals surface area (Å²) in [6.07, 6.45) is -2.55. The zero-order chi connectivity index (χ0) is 25.3. The van der Waals surface area contributed by atoms with Gasteiger partial charge in [-0.2, -0.15) is 22.6 Å². The molecule has 0 aliphatic carbocycles. The van der Waals surface area contributed by atoms with E-state index in [9.17, 15) is 26.4 Å². The molecule has 8 nitrogen and oxygen atoms in total. The zero-order valence-corrected chi connectivity index (χ0v) is 19.8. The molecule has 34 heavy (non-hydrogen) atoms. The summed E-state index contributed by atoms with van der Waals surface area (Å²) in [5.74, 6) is -0.432.